The fourth-order valence-electron chi connectivity index (χ4n) is 4.82. The van der Waals surface area contributed by atoms with Crippen molar-refractivity contribution in [3.63, 3.8) is 0 Å². The molecule has 1 aromatic carbocycles. The highest BCUT2D eigenvalue weighted by atomic mass is 19.1. The molecule has 0 bridgehead atoms. The maximum Gasteiger partial charge on any atom is 0.255 e. The van der Waals surface area contributed by atoms with Gasteiger partial charge in [-0.25, -0.2) is 4.39 Å². The number of aromatic nitrogens is 2. The van der Waals surface area contributed by atoms with Crippen LogP contribution in [-0.2, 0) is 4.79 Å². The molecule has 2 aliphatic rings. The Morgan fingerprint density at radius 3 is 2.58 bits per heavy atom. The fraction of sp³-hybridized carbons (Fsp3) is 0.444. The third kappa shape index (κ3) is 4.74. The van der Waals surface area contributed by atoms with Crippen LogP contribution in [0, 0.1) is 18.7 Å². The average Bonchev–Trinajstić information content (AvgIpc) is 3.62. The monoisotopic (exact) mass is 494 g/mol. The number of pyridine rings is 1. The van der Waals surface area contributed by atoms with Crippen molar-refractivity contribution in [1.82, 2.24) is 20.2 Å². The Morgan fingerprint density at radius 2 is 1.92 bits per heavy atom. The number of carbonyl (C=O) groups is 2. The van der Waals surface area contributed by atoms with Crippen molar-refractivity contribution in [3.8, 4) is 22.6 Å². The van der Waals surface area contributed by atoms with Gasteiger partial charge in [-0.05, 0) is 50.7 Å². The molecule has 2 N–H and O–H groups in total. The number of piperidine rings is 1. The lowest BCUT2D eigenvalue weighted by molar-refractivity contribution is -0.129. The van der Waals surface area contributed by atoms with E-state index in [2.05, 4.69) is 15.3 Å². The first-order chi connectivity index (χ1) is 17.4. The number of ether oxygens (including phenoxy) is 2. The zero-order chi connectivity index (χ0) is 25.4. The summed E-state index contributed by atoms with van der Waals surface area (Å²) in [5.41, 5.74) is 3.82. The number of methoxy groups -OCH3 is 1. The quantitative estimate of drug-likeness (QED) is 0.513. The number of nitrogens with zero attached hydrogens (tertiary/aromatic N) is 2. The molecule has 0 atom stereocenters. The molecule has 3 aromatic rings. The maximum atomic E-state index is 14.6. The zero-order valence-corrected chi connectivity index (χ0v) is 20.8. The predicted molar refractivity (Wildman–Crippen MR) is 134 cm³/mol. The molecule has 1 aliphatic carbocycles. The van der Waals surface area contributed by atoms with Gasteiger partial charge in [0.05, 0.1) is 24.8 Å². The van der Waals surface area contributed by atoms with E-state index in [1.807, 2.05) is 13.0 Å². The molecular weight excluding hydrogens is 463 g/mol. The minimum Gasteiger partial charge on any atom is -0.494 e. The normalized spacial score (nSPS) is 16.3. The molecule has 36 heavy (non-hydrogen) atoms. The van der Waals surface area contributed by atoms with E-state index in [0.717, 1.165) is 18.4 Å². The molecule has 0 spiro atoms. The molecular formula is C27H31FN4O4. The minimum absolute atomic E-state index is 0.00980. The smallest absolute Gasteiger partial charge is 0.255 e. The Bertz CT molecular complexity index is 1310. The van der Waals surface area contributed by atoms with Gasteiger partial charge in [0.2, 0.25) is 5.91 Å². The van der Waals surface area contributed by atoms with E-state index in [4.69, 9.17) is 9.47 Å². The number of carbonyl (C=O) groups excluding carboxylic acids is 2. The van der Waals surface area contributed by atoms with Gasteiger partial charge < -0.3 is 24.7 Å². The summed E-state index contributed by atoms with van der Waals surface area (Å²) in [6.07, 6.45) is 5.31. The zero-order valence-electron chi connectivity index (χ0n) is 20.8. The summed E-state index contributed by atoms with van der Waals surface area (Å²) in [7, 11) is 1.43. The summed E-state index contributed by atoms with van der Waals surface area (Å²) in [4.78, 5) is 34.6. The van der Waals surface area contributed by atoms with Crippen molar-refractivity contribution >= 4 is 22.8 Å². The van der Waals surface area contributed by atoms with Crippen LogP contribution >= 0.6 is 0 Å². The number of amides is 2. The van der Waals surface area contributed by atoms with Crippen molar-refractivity contribution in [3.05, 3.63) is 41.5 Å². The van der Waals surface area contributed by atoms with Crippen LogP contribution in [0.4, 0.5) is 4.39 Å². The van der Waals surface area contributed by atoms with E-state index in [0.29, 0.717) is 72.1 Å². The lowest BCUT2D eigenvalue weighted by Gasteiger charge is -2.31. The van der Waals surface area contributed by atoms with Gasteiger partial charge in [-0.15, -0.1) is 0 Å². The molecule has 9 heteroatoms. The average molecular weight is 495 g/mol. The number of rotatable bonds is 7. The van der Waals surface area contributed by atoms with Crippen molar-refractivity contribution in [2.45, 2.75) is 45.6 Å². The Hall–Kier alpha value is -3.62. The summed E-state index contributed by atoms with van der Waals surface area (Å²) in [6.45, 7) is 5.20. The van der Waals surface area contributed by atoms with E-state index < -0.39 is 5.82 Å². The van der Waals surface area contributed by atoms with Crippen LogP contribution in [0.1, 0.15) is 48.7 Å². The van der Waals surface area contributed by atoms with Gasteiger partial charge in [0.1, 0.15) is 11.3 Å². The lowest BCUT2D eigenvalue weighted by Crippen LogP contribution is -2.46. The topological polar surface area (TPSA) is 96.5 Å². The number of aromatic amines is 1. The van der Waals surface area contributed by atoms with Gasteiger partial charge in [-0.1, -0.05) is 0 Å². The van der Waals surface area contributed by atoms with Crippen LogP contribution < -0.4 is 14.8 Å². The molecule has 8 nitrogen and oxygen atoms in total. The Balaban J connectivity index is 1.47. The first-order valence-electron chi connectivity index (χ1n) is 12.4. The van der Waals surface area contributed by atoms with E-state index in [-0.39, 0.29) is 23.6 Å². The number of aryl methyl sites for hydroxylation is 1. The SMILES string of the molecule is COc1cc(-c2ccnc3c(C(=O)NC4CCN(C(C)=O)CC4)c(C)[nH]c23)c(OCC2CC2)cc1F. The number of fused-ring (bicyclic) bond motifs is 1. The van der Waals surface area contributed by atoms with Crippen molar-refractivity contribution < 1.29 is 23.5 Å². The van der Waals surface area contributed by atoms with E-state index in [1.165, 1.54) is 13.2 Å². The summed E-state index contributed by atoms with van der Waals surface area (Å²) in [6, 6.07) is 4.81. The first kappa shape index (κ1) is 24.1. The molecule has 0 unspecified atom stereocenters. The van der Waals surface area contributed by atoms with Crippen molar-refractivity contribution in [1.29, 1.82) is 0 Å². The maximum absolute atomic E-state index is 14.6. The largest absolute Gasteiger partial charge is 0.494 e. The van der Waals surface area contributed by atoms with E-state index >= 15 is 0 Å². The van der Waals surface area contributed by atoms with Crippen LogP contribution in [0.25, 0.3) is 22.2 Å². The highest BCUT2D eigenvalue weighted by Crippen LogP contribution is 2.40. The number of hydrogen-bond donors (Lipinski definition) is 2. The number of nitrogens with one attached hydrogen (secondary N) is 2. The standard InChI is InChI=1S/C27H31FN4O4/c1-15-24(27(34)31-18-7-10-32(11-8-18)16(2)33)26-25(30-15)19(6-9-29-26)20-12-23(35-3)21(28)13-22(20)36-14-17-4-5-17/h6,9,12-13,17-18,30H,4-5,7-8,10-11,14H2,1-3H3,(H,31,34). The van der Waals surface area contributed by atoms with Crippen LogP contribution in [-0.4, -0.2) is 59.5 Å². The van der Waals surface area contributed by atoms with Crippen molar-refractivity contribution in [2.75, 3.05) is 26.8 Å². The number of benzene rings is 1. The third-order valence-electron chi connectivity index (χ3n) is 7.09. The number of hydrogen-bond acceptors (Lipinski definition) is 5. The second-order valence-corrected chi connectivity index (χ2v) is 9.70. The molecule has 1 aliphatic heterocycles. The van der Waals surface area contributed by atoms with Crippen molar-refractivity contribution in [2.24, 2.45) is 5.92 Å². The van der Waals surface area contributed by atoms with E-state index in [1.54, 1.807) is 24.1 Å². The summed E-state index contributed by atoms with van der Waals surface area (Å²) >= 11 is 0. The van der Waals surface area contributed by atoms with E-state index in [9.17, 15) is 14.0 Å². The molecule has 0 radical (unpaired) electrons. The van der Waals surface area contributed by atoms with Gasteiger partial charge in [0.15, 0.2) is 11.6 Å². The second kappa shape index (κ2) is 9.79. The second-order valence-electron chi connectivity index (χ2n) is 9.70. The van der Waals surface area contributed by atoms with Gasteiger partial charge in [-0.2, -0.15) is 0 Å². The summed E-state index contributed by atoms with van der Waals surface area (Å²) in [5.74, 6) is 0.422. The third-order valence-corrected chi connectivity index (χ3v) is 7.09. The number of H-pyrrole nitrogens is 1. The minimum atomic E-state index is -0.490. The highest BCUT2D eigenvalue weighted by Gasteiger charge is 2.27. The van der Waals surface area contributed by atoms with Crippen LogP contribution in [0.5, 0.6) is 11.5 Å². The fourth-order valence-corrected chi connectivity index (χ4v) is 4.82. The first-order valence-corrected chi connectivity index (χ1v) is 12.4. The van der Waals surface area contributed by atoms with Crippen LogP contribution in [0.3, 0.4) is 0 Å². The molecule has 1 saturated carbocycles. The van der Waals surface area contributed by atoms with Gasteiger partial charge in [0, 0.05) is 55.1 Å². The molecule has 2 aromatic heterocycles. The Morgan fingerprint density at radius 1 is 1.17 bits per heavy atom. The Kier molecular flexibility index (Phi) is 6.55. The molecule has 2 fully saturated rings. The molecule has 190 valence electrons. The molecule has 3 heterocycles. The lowest BCUT2D eigenvalue weighted by atomic mass is 10.0. The van der Waals surface area contributed by atoms with Gasteiger partial charge >= 0.3 is 0 Å². The number of likely N-dealkylation sites (tertiary alicyclic amines) is 1. The van der Waals surface area contributed by atoms with Crippen LogP contribution in [0.2, 0.25) is 0 Å². The van der Waals surface area contributed by atoms with Gasteiger partial charge in [0.25, 0.3) is 5.91 Å². The Labute approximate surface area is 209 Å². The molecule has 5 rings (SSSR count). The van der Waals surface area contributed by atoms with Gasteiger partial charge in [-0.3, -0.25) is 14.6 Å². The van der Waals surface area contributed by atoms with Crippen LogP contribution in [0.15, 0.2) is 24.4 Å². The number of halogens is 1. The summed E-state index contributed by atoms with van der Waals surface area (Å²) < 4.78 is 25.8. The molecule has 2 amide bonds. The summed E-state index contributed by atoms with van der Waals surface area (Å²) in [5, 5.41) is 3.12. The predicted octanol–water partition coefficient (Wildman–Crippen LogP) is 4.22. The highest BCUT2D eigenvalue weighted by molar-refractivity contribution is 6.09. The molecule has 1 saturated heterocycles.